The van der Waals surface area contributed by atoms with E-state index in [1.165, 1.54) is 23.1 Å². The molecule has 0 aliphatic heterocycles. The van der Waals surface area contributed by atoms with Crippen LogP contribution in [-0.2, 0) is 4.79 Å². The van der Waals surface area contributed by atoms with Gasteiger partial charge in [-0.25, -0.2) is 9.78 Å². The zero-order chi connectivity index (χ0) is 28.3. The number of anilines is 2. The zero-order valence-corrected chi connectivity index (χ0v) is 24.5. The number of thiazole rings is 1. The number of nitrogens with zero attached hydrogens (tertiary/aromatic N) is 1. The Labute approximate surface area is 251 Å². The van der Waals surface area contributed by atoms with Crippen molar-refractivity contribution in [3.8, 4) is 11.3 Å². The molecule has 4 aromatic rings. The van der Waals surface area contributed by atoms with Gasteiger partial charge in [0.1, 0.15) is 0 Å². The Morgan fingerprint density at radius 1 is 0.897 bits per heavy atom. The molecule has 2 amide bonds. The highest BCUT2D eigenvalue weighted by Crippen LogP contribution is 2.42. The van der Waals surface area contributed by atoms with E-state index in [0.717, 1.165) is 16.1 Å². The number of aryl methyl sites for hydroxylation is 1. The summed E-state index contributed by atoms with van der Waals surface area (Å²) < 4.78 is 0. The summed E-state index contributed by atoms with van der Waals surface area (Å²) in [4.78, 5) is 43.6. The fraction of sp³-hybridized carbons (Fsp3) is 0.0769. The number of thioether (sulfide) groups is 1. The van der Waals surface area contributed by atoms with Crippen LogP contribution in [-0.4, -0.2) is 33.6 Å². The summed E-state index contributed by atoms with van der Waals surface area (Å²) in [6.07, 6.45) is 0. The third kappa shape index (κ3) is 6.69. The molecule has 3 N–H and O–H groups in total. The van der Waals surface area contributed by atoms with Gasteiger partial charge in [0.05, 0.1) is 42.7 Å². The molecule has 1 heterocycles. The van der Waals surface area contributed by atoms with Crippen molar-refractivity contribution >= 4 is 98.1 Å². The van der Waals surface area contributed by atoms with E-state index in [4.69, 9.17) is 46.4 Å². The number of rotatable bonds is 8. The highest BCUT2D eigenvalue weighted by molar-refractivity contribution is 8.00. The maximum atomic E-state index is 13.0. The summed E-state index contributed by atoms with van der Waals surface area (Å²) in [7, 11) is 0. The molecule has 0 aliphatic rings. The van der Waals surface area contributed by atoms with Gasteiger partial charge in [0, 0.05) is 21.0 Å². The SMILES string of the molecule is Cc1sc(NC(=O)CSc2cccc(NC(=O)c3c(Cl)c(Cl)c(Cl)c(Cl)c3C(=O)O)c2)nc1-c1ccccc1. The van der Waals surface area contributed by atoms with Crippen LogP contribution in [0.15, 0.2) is 59.5 Å². The van der Waals surface area contributed by atoms with Crippen molar-refractivity contribution in [3.63, 3.8) is 0 Å². The summed E-state index contributed by atoms with van der Waals surface area (Å²) in [6.45, 7) is 1.95. The van der Waals surface area contributed by atoms with Crippen molar-refractivity contribution in [1.29, 1.82) is 0 Å². The predicted molar refractivity (Wildman–Crippen MR) is 159 cm³/mol. The number of carbonyl (C=O) groups excluding carboxylic acids is 2. The highest BCUT2D eigenvalue weighted by atomic mass is 35.5. The predicted octanol–water partition coefficient (Wildman–Crippen LogP) is 8.41. The van der Waals surface area contributed by atoms with Gasteiger partial charge >= 0.3 is 5.97 Å². The van der Waals surface area contributed by atoms with Crippen LogP contribution < -0.4 is 10.6 Å². The molecular formula is C26H17Cl4N3O4S2. The molecule has 3 aromatic carbocycles. The number of carbonyl (C=O) groups is 3. The summed E-state index contributed by atoms with van der Waals surface area (Å²) in [5.74, 6) is -2.49. The molecule has 7 nitrogen and oxygen atoms in total. The maximum Gasteiger partial charge on any atom is 0.338 e. The summed E-state index contributed by atoms with van der Waals surface area (Å²) >= 11 is 26.8. The lowest BCUT2D eigenvalue weighted by atomic mass is 10.1. The van der Waals surface area contributed by atoms with Gasteiger partial charge in [0.2, 0.25) is 5.91 Å². The number of benzene rings is 3. The Morgan fingerprint density at radius 2 is 1.56 bits per heavy atom. The molecule has 39 heavy (non-hydrogen) atoms. The molecule has 1 aromatic heterocycles. The molecule has 13 heteroatoms. The summed E-state index contributed by atoms with van der Waals surface area (Å²) in [5.41, 5.74) is 1.14. The van der Waals surface area contributed by atoms with Gasteiger partial charge in [-0.05, 0) is 25.1 Å². The van der Waals surface area contributed by atoms with Crippen LogP contribution in [0.25, 0.3) is 11.3 Å². The third-order valence-corrected chi connectivity index (χ3v) is 8.94. The minimum Gasteiger partial charge on any atom is -0.478 e. The number of aromatic carboxylic acids is 1. The first-order valence-electron chi connectivity index (χ1n) is 11.0. The Morgan fingerprint density at radius 3 is 2.23 bits per heavy atom. The number of carboxylic acid groups (broad SMARTS) is 1. The minimum absolute atomic E-state index is 0.0914. The number of amides is 2. The zero-order valence-electron chi connectivity index (χ0n) is 19.9. The van der Waals surface area contributed by atoms with E-state index >= 15 is 0 Å². The van der Waals surface area contributed by atoms with Crippen molar-refractivity contribution in [3.05, 3.63) is 90.7 Å². The largest absolute Gasteiger partial charge is 0.478 e. The van der Waals surface area contributed by atoms with Crippen LogP contribution in [0.3, 0.4) is 0 Å². The van der Waals surface area contributed by atoms with Gasteiger partial charge in [0.25, 0.3) is 5.91 Å². The molecule has 0 spiro atoms. The van der Waals surface area contributed by atoms with Crippen molar-refractivity contribution < 1.29 is 19.5 Å². The smallest absolute Gasteiger partial charge is 0.338 e. The molecule has 0 bridgehead atoms. The van der Waals surface area contributed by atoms with Gasteiger partial charge < -0.3 is 15.7 Å². The standard InChI is InChI=1S/C26H17Cl4N3O4S2/c1-12-23(13-6-3-2-4-7-13)33-26(39-12)32-16(34)11-38-15-9-5-8-14(10-15)31-24(35)17-18(25(36)37)20(28)22(30)21(29)19(17)27/h2-10H,11H2,1H3,(H,31,35)(H,36,37)(H,32,33,34). The molecule has 0 saturated heterocycles. The van der Waals surface area contributed by atoms with E-state index in [1.807, 2.05) is 37.3 Å². The number of carboxylic acids is 1. The average molecular weight is 641 g/mol. The fourth-order valence-corrected chi connectivity index (χ4v) is 6.15. The van der Waals surface area contributed by atoms with Crippen LogP contribution in [0.5, 0.6) is 0 Å². The molecule has 0 fully saturated rings. The maximum absolute atomic E-state index is 13.0. The van der Waals surface area contributed by atoms with Crippen LogP contribution in [0.1, 0.15) is 25.6 Å². The normalized spacial score (nSPS) is 10.8. The lowest BCUT2D eigenvalue weighted by Crippen LogP contribution is -2.18. The fourth-order valence-electron chi connectivity index (χ4n) is 3.52. The number of hydrogen-bond acceptors (Lipinski definition) is 6. The second-order valence-corrected chi connectivity index (χ2v) is 11.7. The second kappa shape index (κ2) is 12.6. The molecule has 0 atom stereocenters. The summed E-state index contributed by atoms with van der Waals surface area (Å²) in [5, 5.41) is 14.3. The van der Waals surface area contributed by atoms with Crippen molar-refractivity contribution in [2.75, 3.05) is 16.4 Å². The van der Waals surface area contributed by atoms with Crippen LogP contribution >= 0.6 is 69.5 Å². The average Bonchev–Trinajstić information content (AvgIpc) is 3.28. The number of halogens is 4. The minimum atomic E-state index is -1.49. The van der Waals surface area contributed by atoms with Crippen molar-refractivity contribution in [2.45, 2.75) is 11.8 Å². The molecular weight excluding hydrogens is 624 g/mol. The monoisotopic (exact) mass is 639 g/mol. The number of aromatic nitrogens is 1. The Kier molecular flexibility index (Phi) is 9.43. The van der Waals surface area contributed by atoms with Crippen LogP contribution in [0.4, 0.5) is 10.8 Å². The Hall–Kier alpha value is -2.79. The van der Waals surface area contributed by atoms with Crippen molar-refractivity contribution in [2.24, 2.45) is 0 Å². The van der Waals surface area contributed by atoms with E-state index in [9.17, 15) is 19.5 Å². The lowest BCUT2D eigenvalue weighted by Gasteiger charge is -2.14. The van der Waals surface area contributed by atoms with E-state index in [1.54, 1.807) is 24.3 Å². The van der Waals surface area contributed by atoms with Gasteiger partial charge in [-0.2, -0.15) is 0 Å². The molecule has 4 rings (SSSR count). The van der Waals surface area contributed by atoms with E-state index in [2.05, 4.69) is 15.6 Å². The van der Waals surface area contributed by atoms with E-state index in [-0.39, 0.29) is 26.7 Å². The van der Waals surface area contributed by atoms with E-state index < -0.39 is 28.0 Å². The van der Waals surface area contributed by atoms with Gasteiger partial charge in [0.15, 0.2) is 5.13 Å². The van der Waals surface area contributed by atoms with Gasteiger partial charge in [-0.1, -0.05) is 82.8 Å². The van der Waals surface area contributed by atoms with Crippen molar-refractivity contribution in [1.82, 2.24) is 4.98 Å². The first-order chi connectivity index (χ1) is 18.6. The van der Waals surface area contributed by atoms with Gasteiger partial charge in [-0.15, -0.1) is 23.1 Å². The van der Waals surface area contributed by atoms with Crippen LogP contribution in [0.2, 0.25) is 20.1 Å². The molecule has 200 valence electrons. The quantitative estimate of drug-likeness (QED) is 0.101. The number of hydrogen-bond donors (Lipinski definition) is 3. The highest BCUT2D eigenvalue weighted by Gasteiger charge is 2.29. The Balaban J connectivity index is 1.43. The molecule has 0 aliphatic carbocycles. The van der Waals surface area contributed by atoms with E-state index in [0.29, 0.717) is 15.7 Å². The molecule has 0 unspecified atom stereocenters. The summed E-state index contributed by atoms with van der Waals surface area (Å²) in [6, 6.07) is 16.4. The molecule has 0 radical (unpaired) electrons. The van der Waals surface area contributed by atoms with Gasteiger partial charge in [-0.3, -0.25) is 9.59 Å². The Bertz CT molecular complexity index is 1600. The second-order valence-electron chi connectivity index (χ2n) is 7.92. The third-order valence-electron chi connectivity index (χ3n) is 5.26. The van der Waals surface area contributed by atoms with Crippen LogP contribution in [0, 0.1) is 6.92 Å². The molecule has 0 saturated carbocycles. The topological polar surface area (TPSA) is 108 Å². The first-order valence-corrected chi connectivity index (χ1v) is 14.3. The lowest BCUT2D eigenvalue weighted by molar-refractivity contribution is -0.113. The first kappa shape index (κ1) is 29.2. The number of nitrogens with one attached hydrogen (secondary N) is 2.